The number of nitrogens with two attached hydrogens (primary N) is 1. The number of hydrogen-bond donors (Lipinski definition) is 11. The number of carboxylic acid groups (broad SMARTS) is 2. The minimum absolute atomic E-state index is 0.127. The van der Waals surface area contributed by atoms with Gasteiger partial charge in [0.05, 0.1) is 12.7 Å². The average Bonchev–Trinajstić information content (AvgIpc) is 3.05. The van der Waals surface area contributed by atoms with E-state index >= 15 is 0 Å². The van der Waals surface area contributed by atoms with Crippen molar-refractivity contribution in [2.45, 2.75) is 128 Å². The summed E-state index contributed by atoms with van der Waals surface area (Å²) in [4.78, 5) is 86.4. The second-order valence-corrected chi connectivity index (χ2v) is 12.2. The van der Waals surface area contributed by atoms with Crippen LogP contribution in [0.25, 0.3) is 0 Å². The molecule has 11 atom stereocenters. The van der Waals surface area contributed by atoms with Crippen molar-refractivity contribution < 1.29 is 68.6 Å². The number of rotatable bonds is 21. The SMILES string of the molecule is C[C@H](NC(=O)[C@@H](C)O[C@H]1C(O)C(CO)OC(O)[C@H]1C)C(=O)N[C@H](CCC(=O)N[C@@H](CCCCN)C(=O)N[C@H](C)C(=O)N[C@H](C)C(=O)O)C(=O)O. The lowest BCUT2D eigenvalue weighted by Crippen LogP contribution is -2.58. The van der Waals surface area contributed by atoms with Crippen LogP contribution in [0.2, 0.25) is 0 Å². The van der Waals surface area contributed by atoms with Crippen molar-refractivity contribution in [1.82, 2.24) is 26.6 Å². The fraction of sp³-hybridized carbons (Fsp3) is 0.767. The maximum absolute atomic E-state index is 12.9. The van der Waals surface area contributed by atoms with Crippen LogP contribution in [-0.2, 0) is 43.0 Å². The molecule has 0 aromatic rings. The molecule has 50 heavy (non-hydrogen) atoms. The molecule has 286 valence electrons. The van der Waals surface area contributed by atoms with Crippen LogP contribution in [0, 0.1) is 5.92 Å². The number of nitrogens with one attached hydrogen (secondary N) is 5. The van der Waals surface area contributed by atoms with E-state index in [1.165, 1.54) is 34.6 Å². The fourth-order valence-corrected chi connectivity index (χ4v) is 4.75. The third-order valence-electron chi connectivity index (χ3n) is 8.02. The molecule has 0 radical (unpaired) electrons. The summed E-state index contributed by atoms with van der Waals surface area (Å²) >= 11 is 0. The number of aliphatic hydroxyl groups is 3. The fourth-order valence-electron chi connectivity index (χ4n) is 4.75. The van der Waals surface area contributed by atoms with Gasteiger partial charge in [0.2, 0.25) is 29.5 Å². The van der Waals surface area contributed by atoms with Crippen LogP contribution in [-0.4, -0.2) is 141 Å². The number of amides is 5. The summed E-state index contributed by atoms with van der Waals surface area (Å²) in [5.74, 6) is -7.49. The molecule has 0 aliphatic carbocycles. The maximum Gasteiger partial charge on any atom is 0.326 e. The van der Waals surface area contributed by atoms with E-state index in [9.17, 15) is 54.0 Å². The van der Waals surface area contributed by atoms with Gasteiger partial charge in [-0.05, 0) is 59.9 Å². The van der Waals surface area contributed by atoms with Crippen LogP contribution in [0.5, 0.6) is 0 Å². The Morgan fingerprint density at radius 2 is 1.30 bits per heavy atom. The van der Waals surface area contributed by atoms with E-state index in [1.54, 1.807) is 0 Å². The lowest BCUT2D eigenvalue weighted by molar-refractivity contribution is -0.278. The quantitative estimate of drug-likeness (QED) is 0.0504. The number of ether oxygens (including phenoxy) is 2. The van der Waals surface area contributed by atoms with Crippen molar-refractivity contribution in [1.29, 1.82) is 0 Å². The molecule has 12 N–H and O–H groups in total. The molecule has 3 unspecified atom stereocenters. The first-order valence-electron chi connectivity index (χ1n) is 16.3. The third-order valence-corrected chi connectivity index (χ3v) is 8.02. The molecule has 20 heteroatoms. The average molecular weight is 721 g/mol. The monoisotopic (exact) mass is 720 g/mol. The summed E-state index contributed by atoms with van der Waals surface area (Å²) in [5, 5.41) is 60.2. The summed E-state index contributed by atoms with van der Waals surface area (Å²) in [6, 6.07) is -6.34. The first-order chi connectivity index (χ1) is 23.3. The number of hydrogen-bond acceptors (Lipinski definition) is 13. The molecule has 1 aliphatic heterocycles. The van der Waals surface area contributed by atoms with Crippen molar-refractivity contribution in [2.75, 3.05) is 13.2 Å². The topological polar surface area (TPSA) is 325 Å². The second kappa shape index (κ2) is 21.3. The summed E-state index contributed by atoms with van der Waals surface area (Å²) in [7, 11) is 0. The molecule has 20 nitrogen and oxygen atoms in total. The molecule has 0 bridgehead atoms. The Kier molecular flexibility index (Phi) is 18.8. The lowest BCUT2D eigenvalue weighted by atomic mass is 9.92. The van der Waals surface area contributed by atoms with Gasteiger partial charge in [0, 0.05) is 12.3 Å². The molecule has 0 saturated carbocycles. The van der Waals surface area contributed by atoms with Crippen LogP contribution >= 0.6 is 0 Å². The highest BCUT2D eigenvalue weighted by molar-refractivity contribution is 5.93. The van der Waals surface area contributed by atoms with E-state index in [0.29, 0.717) is 19.4 Å². The zero-order chi connectivity index (χ0) is 38.3. The molecular formula is C30H52N6O14. The highest BCUT2D eigenvalue weighted by Gasteiger charge is 2.44. The van der Waals surface area contributed by atoms with E-state index in [-0.39, 0.29) is 6.42 Å². The van der Waals surface area contributed by atoms with Crippen LogP contribution in [0.15, 0.2) is 0 Å². The Morgan fingerprint density at radius 1 is 0.740 bits per heavy atom. The van der Waals surface area contributed by atoms with Gasteiger partial charge in [0.25, 0.3) is 0 Å². The van der Waals surface area contributed by atoms with E-state index < -0.39 is 128 Å². The Labute approximate surface area is 289 Å². The Balaban J connectivity index is 2.77. The van der Waals surface area contributed by atoms with Gasteiger partial charge in [-0.25, -0.2) is 4.79 Å². The highest BCUT2D eigenvalue weighted by Crippen LogP contribution is 2.28. The van der Waals surface area contributed by atoms with Crippen LogP contribution < -0.4 is 32.3 Å². The third kappa shape index (κ3) is 14.1. The predicted octanol–water partition coefficient (Wildman–Crippen LogP) is -3.97. The molecule has 0 aromatic carbocycles. The zero-order valence-electron chi connectivity index (χ0n) is 28.8. The number of carboxylic acids is 2. The van der Waals surface area contributed by atoms with E-state index in [2.05, 4.69) is 26.6 Å². The molecule has 5 amide bonds. The van der Waals surface area contributed by atoms with Crippen molar-refractivity contribution in [3.05, 3.63) is 0 Å². The molecule has 1 heterocycles. The van der Waals surface area contributed by atoms with Gasteiger partial charge in [-0.3, -0.25) is 28.8 Å². The van der Waals surface area contributed by atoms with E-state index in [4.69, 9.17) is 20.3 Å². The minimum Gasteiger partial charge on any atom is -0.480 e. The van der Waals surface area contributed by atoms with Crippen molar-refractivity contribution >= 4 is 41.5 Å². The van der Waals surface area contributed by atoms with Gasteiger partial charge in [-0.2, -0.15) is 0 Å². The van der Waals surface area contributed by atoms with Crippen molar-refractivity contribution in [3.63, 3.8) is 0 Å². The van der Waals surface area contributed by atoms with Crippen molar-refractivity contribution in [2.24, 2.45) is 11.7 Å². The molecule has 1 fully saturated rings. The molecule has 0 spiro atoms. The number of unbranched alkanes of at least 4 members (excludes halogenated alkanes) is 1. The van der Waals surface area contributed by atoms with Gasteiger partial charge >= 0.3 is 11.9 Å². The standard InChI is InChI=1S/C30H52N6O14/c1-13-23(22(39)20(12-37)50-30(13)48)49-17(5)26(42)32-15(3)25(41)36-19(29(46)47)9-10-21(38)35-18(8-6-7-11-31)27(43)33-14(2)24(40)34-16(4)28(44)45/h13-20,22-23,30,37,39,48H,6-12,31H2,1-5H3,(H,32,42)(H,33,43)(H,34,40)(H,35,38)(H,36,41)(H,44,45)(H,46,47)/t13-,14+,15-,16+,17+,18-,19+,20?,22?,23+,30?/m0/s1. The largest absolute Gasteiger partial charge is 0.480 e. The zero-order valence-corrected chi connectivity index (χ0v) is 28.8. The number of carbonyl (C=O) groups excluding carboxylic acids is 5. The lowest BCUT2D eigenvalue weighted by Gasteiger charge is -2.41. The normalized spacial score (nSPS) is 23.9. The van der Waals surface area contributed by atoms with E-state index in [0.717, 1.165) is 0 Å². The van der Waals surface area contributed by atoms with Gasteiger partial charge in [-0.1, -0.05) is 6.92 Å². The molecular weight excluding hydrogens is 668 g/mol. The number of aliphatic carboxylic acids is 2. The Morgan fingerprint density at radius 3 is 1.84 bits per heavy atom. The number of carbonyl (C=O) groups is 7. The second-order valence-electron chi connectivity index (χ2n) is 12.2. The minimum atomic E-state index is -1.57. The van der Waals surface area contributed by atoms with Crippen LogP contribution in [0.4, 0.5) is 0 Å². The Hall–Kier alpha value is -3.95. The van der Waals surface area contributed by atoms with E-state index in [1.807, 2.05) is 0 Å². The maximum atomic E-state index is 12.9. The van der Waals surface area contributed by atoms with Gasteiger partial charge in [0.1, 0.15) is 48.5 Å². The summed E-state index contributed by atoms with van der Waals surface area (Å²) < 4.78 is 10.7. The van der Waals surface area contributed by atoms with Crippen LogP contribution in [0.1, 0.15) is 66.7 Å². The van der Waals surface area contributed by atoms with Gasteiger partial charge in [-0.15, -0.1) is 0 Å². The molecule has 1 aliphatic rings. The van der Waals surface area contributed by atoms with Gasteiger partial charge in [0.15, 0.2) is 6.29 Å². The van der Waals surface area contributed by atoms with Crippen LogP contribution in [0.3, 0.4) is 0 Å². The smallest absolute Gasteiger partial charge is 0.326 e. The summed E-state index contributed by atoms with van der Waals surface area (Å²) in [5.41, 5.74) is 5.52. The van der Waals surface area contributed by atoms with Crippen molar-refractivity contribution in [3.8, 4) is 0 Å². The predicted molar refractivity (Wildman–Crippen MR) is 172 cm³/mol. The first-order valence-corrected chi connectivity index (χ1v) is 16.3. The Bertz CT molecular complexity index is 1190. The molecule has 1 saturated heterocycles. The first kappa shape index (κ1) is 44.1. The summed E-state index contributed by atoms with van der Waals surface area (Å²) in [6.45, 7) is 6.37. The highest BCUT2D eigenvalue weighted by atomic mass is 16.6. The molecule has 0 aromatic heterocycles. The molecule has 1 rings (SSSR count). The number of aliphatic hydroxyl groups excluding tert-OH is 3. The summed E-state index contributed by atoms with van der Waals surface area (Å²) in [6.07, 6.45) is -6.04. The van der Waals surface area contributed by atoms with Gasteiger partial charge < -0.3 is 67.3 Å².